The van der Waals surface area contributed by atoms with Gasteiger partial charge in [-0.05, 0) is 60.4 Å². The summed E-state index contributed by atoms with van der Waals surface area (Å²) in [4.78, 5) is 21.2. The second kappa shape index (κ2) is 11.9. The molecule has 0 radical (unpaired) electrons. The molecule has 7 heteroatoms. The first kappa shape index (κ1) is 27.3. The summed E-state index contributed by atoms with van der Waals surface area (Å²) in [6.07, 6.45) is 2.78. The Labute approximate surface area is 245 Å². The van der Waals surface area contributed by atoms with E-state index < -0.39 is 6.16 Å². The lowest BCUT2D eigenvalue weighted by atomic mass is 10.0. The number of unbranched alkanes of at least 4 members (excludes halogenated alkanes) is 1. The molecule has 0 aliphatic carbocycles. The number of carboxylic acid groups (broad SMARTS) is 1. The molecule has 0 aliphatic heterocycles. The van der Waals surface area contributed by atoms with Gasteiger partial charge in [-0.3, -0.25) is 0 Å². The van der Waals surface area contributed by atoms with E-state index >= 15 is 0 Å². The molecule has 0 atom stereocenters. The lowest BCUT2D eigenvalue weighted by molar-refractivity contribution is 0.144. The van der Waals surface area contributed by atoms with Crippen LogP contribution in [0.2, 0.25) is 0 Å². The van der Waals surface area contributed by atoms with Gasteiger partial charge in [-0.25, -0.2) is 14.8 Å². The largest absolute Gasteiger partial charge is 0.511 e. The van der Waals surface area contributed by atoms with Crippen LogP contribution < -0.4 is 4.74 Å². The molecule has 6 aromatic rings. The number of aromatic nitrogens is 4. The van der Waals surface area contributed by atoms with Crippen LogP contribution in [0, 0.1) is 0 Å². The van der Waals surface area contributed by atoms with Crippen molar-refractivity contribution in [1.29, 1.82) is 0 Å². The van der Waals surface area contributed by atoms with Gasteiger partial charge in [-0.2, -0.15) is 0 Å². The smallest absolute Gasteiger partial charge is 0.449 e. The molecule has 0 spiro atoms. The van der Waals surface area contributed by atoms with Crippen molar-refractivity contribution in [1.82, 2.24) is 19.1 Å². The molecule has 0 bridgehead atoms. The van der Waals surface area contributed by atoms with Gasteiger partial charge in [0.1, 0.15) is 17.4 Å². The Balaban J connectivity index is 1.38. The minimum absolute atomic E-state index is 0.320. The third kappa shape index (κ3) is 5.38. The average Bonchev–Trinajstić information content (AvgIpc) is 3.54. The minimum atomic E-state index is -1.32. The molecule has 1 N–H and O–H groups in total. The van der Waals surface area contributed by atoms with E-state index in [2.05, 4.69) is 71.5 Å². The number of hydrogen-bond donors (Lipinski definition) is 1. The number of aryl methyl sites for hydroxylation is 2. The number of rotatable bonds is 10. The zero-order chi connectivity index (χ0) is 29.1. The zero-order valence-corrected chi connectivity index (χ0v) is 24.0. The zero-order valence-electron chi connectivity index (χ0n) is 24.0. The van der Waals surface area contributed by atoms with Gasteiger partial charge in [0.05, 0.1) is 22.1 Å². The first-order valence-electron chi connectivity index (χ1n) is 14.6. The highest BCUT2D eigenvalue weighted by Gasteiger charge is 2.17. The summed E-state index contributed by atoms with van der Waals surface area (Å²) in [6, 6.07) is 30.2. The van der Waals surface area contributed by atoms with Crippen LogP contribution in [-0.2, 0) is 19.5 Å². The molecule has 4 aromatic carbocycles. The molecule has 6 rings (SSSR count). The number of imidazole rings is 2. The maximum absolute atomic E-state index is 11.2. The van der Waals surface area contributed by atoms with Crippen molar-refractivity contribution in [3.05, 3.63) is 102 Å². The summed E-state index contributed by atoms with van der Waals surface area (Å²) in [5.74, 6) is 2.37. The van der Waals surface area contributed by atoms with E-state index in [0.717, 1.165) is 88.2 Å². The summed E-state index contributed by atoms with van der Waals surface area (Å²) < 4.78 is 9.66. The third-order valence-electron chi connectivity index (χ3n) is 7.64. The monoisotopic (exact) mass is 558 g/mol. The van der Waals surface area contributed by atoms with Crippen LogP contribution in [0.1, 0.15) is 44.5 Å². The van der Waals surface area contributed by atoms with Crippen molar-refractivity contribution >= 4 is 28.2 Å². The van der Waals surface area contributed by atoms with Crippen LogP contribution in [0.25, 0.3) is 44.6 Å². The number of hydrogen-bond acceptors (Lipinski definition) is 4. The van der Waals surface area contributed by atoms with Crippen LogP contribution in [0.4, 0.5) is 4.79 Å². The Hall–Kier alpha value is -4.91. The summed E-state index contributed by atoms with van der Waals surface area (Å²) in [5.41, 5.74) is 8.10. The van der Waals surface area contributed by atoms with E-state index in [0.29, 0.717) is 12.3 Å². The predicted octanol–water partition coefficient (Wildman–Crippen LogP) is 8.58. The quantitative estimate of drug-likeness (QED) is 0.134. The lowest BCUT2D eigenvalue weighted by Gasteiger charge is -2.12. The molecular formula is C35H34N4O3. The van der Waals surface area contributed by atoms with E-state index in [-0.39, 0.29) is 0 Å². The van der Waals surface area contributed by atoms with Gasteiger partial charge in [-0.15, -0.1) is 0 Å². The molecule has 0 unspecified atom stereocenters. The van der Waals surface area contributed by atoms with Gasteiger partial charge in [0.2, 0.25) is 0 Å². The molecule has 0 saturated heterocycles. The first-order valence-corrected chi connectivity index (χ1v) is 14.6. The number of fused-ring (bicyclic) bond motifs is 2. The van der Waals surface area contributed by atoms with Gasteiger partial charge >= 0.3 is 6.16 Å². The van der Waals surface area contributed by atoms with Crippen LogP contribution >= 0.6 is 0 Å². The number of para-hydroxylation sites is 3. The standard InChI is InChI=1S/C35H34N4O3/c1-3-5-21-38-30-13-8-7-12-28(30)37-34(38)26-19-20-29-31(22-26)39(33(36-29)10-4-2)23-24-15-17-25(18-16-24)27-11-6-9-14-32(27)42-35(40)41/h6-9,11-20,22H,3-5,10,21,23H2,1-2H3,(H,40,41). The number of ether oxygens (including phenoxy) is 1. The van der Waals surface area contributed by atoms with E-state index in [1.54, 1.807) is 12.1 Å². The van der Waals surface area contributed by atoms with Gasteiger partial charge in [0.15, 0.2) is 0 Å². The second-order valence-corrected chi connectivity index (χ2v) is 10.6. The second-order valence-electron chi connectivity index (χ2n) is 10.6. The first-order chi connectivity index (χ1) is 20.6. The highest BCUT2D eigenvalue weighted by molar-refractivity contribution is 5.85. The molecule has 2 heterocycles. The van der Waals surface area contributed by atoms with E-state index in [9.17, 15) is 4.79 Å². The van der Waals surface area contributed by atoms with E-state index in [1.165, 1.54) is 0 Å². The molecule has 2 aromatic heterocycles. The van der Waals surface area contributed by atoms with Crippen LogP contribution in [0.3, 0.4) is 0 Å². The van der Waals surface area contributed by atoms with Gasteiger partial charge in [0, 0.05) is 30.6 Å². The van der Waals surface area contributed by atoms with Crippen LogP contribution in [0.5, 0.6) is 5.75 Å². The molecule has 0 fully saturated rings. The van der Waals surface area contributed by atoms with Gasteiger partial charge < -0.3 is 19.0 Å². The Morgan fingerprint density at radius 2 is 1.52 bits per heavy atom. The Kier molecular flexibility index (Phi) is 7.73. The number of carbonyl (C=O) groups is 1. The van der Waals surface area contributed by atoms with Crippen molar-refractivity contribution in [3.63, 3.8) is 0 Å². The molecule has 7 nitrogen and oxygen atoms in total. The fourth-order valence-electron chi connectivity index (χ4n) is 5.60. The third-order valence-corrected chi connectivity index (χ3v) is 7.64. The van der Waals surface area contributed by atoms with Crippen LogP contribution in [0.15, 0.2) is 91.0 Å². The molecular weight excluding hydrogens is 524 g/mol. The average molecular weight is 559 g/mol. The lowest BCUT2D eigenvalue weighted by Crippen LogP contribution is -2.06. The van der Waals surface area contributed by atoms with Crippen molar-refractivity contribution < 1.29 is 14.6 Å². The highest BCUT2D eigenvalue weighted by atomic mass is 16.7. The van der Waals surface area contributed by atoms with E-state index in [1.807, 2.05) is 30.3 Å². The molecule has 0 amide bonds. The Morgan fingerprint density at radius 3 is 2.31 bits per heavy atom. The topological polar surface area (TPSA) is 82.2 Å². The normalized spacial score (nSPS) is 11.4. The summed E-state index contributed by atoms with van der Waals surface area (Å²) >= 11 is 0. The fourth-order valence-corrected chi connectivity index (χ4v) is 5.60. The van der Waals surface area contributed by atoms with Gasteiger partial charge in [-0.1, -0.05) is 74.9 Å². The number of nitrogens with zero attached hydrogens (tertiary/aromatic N) is 4. The van der Waals surface area contributed by atoms with E-state index in [4.69, 9.17) is 19.8 Å². The summed E-state index contributed by atoms with van der Waals surface area (Å²) in [5, 5.41) is 9.13. The van der Waals surface area contributed by atoms with Gasteiger partial charge in [0.25, 0.3) is 0 Å². The molecule has 42 heavy (non-hydrogen) atoms. The van der Waals surface area contributed by atoms with Crippen molar-refractivity contribution in [2.45, 2.75) is 52.6 Å². The SMILES string of the molecule is CCCCn1c(-c2ccc3nc(CCC)n(Cc4ccc(-c5ccccc5OC(=O)O)cc4)c3c2)nc2ccccc21. The molecule has 0 aliphatic rings. The Morgan fingerprint density at radius 1 is 0.786 bits per heavy atom. The summed E-state index contributed by atoms with van der Waals surface area (Å²) in [6.45, 7) is 6.00. The fraction of sp³-hybridized carbons (Fsp3) is 0.229. The van der Waals surface area contributed by atoms with Crippen molar-refractivity contribution in [2.24, 2.45) is 0 Å². The van der Waals surface area contributed by atoms with Crippen LogP contribution in [-0.4, -0.2) is 30.4 Å². The maximum Gasteiger partial charge on any atom is 0.511 e. The molecule has 0 saturated carbocycles. The van der Waals surface area contributed by atoms with Crippen molar-refractivity contribution in [3.8, 4) is 28.3 Å². The predicted molar refractivity (Wildman–Crippen MR) is 167 cm³/mol. The highest BCUT2D eigenvalue weighted by Crippen LogP contribution is 2.32. The Bertz CT molecular complexity index is 1870. The van der Waals surface area contributed by atoms with Crippen molar-refractivity contribution in [2.75, 3.05) is 0 Å². The summed E-state index contributed by atoms with van der Waals surface area (Å²) in [7, 11) is 0. The number of benzene rings is 4. The molecule has 212 valence electrons. The minimum Gasteiger partial charge on any atom is -0.449 e. The maximum atomic E-state index is 11.2.